The lowest BCUT2D eigenvalue weighted by atomic mass is 10.0. The van der Waals surface area contributed by atoms with Crippen molar-refractivity contribution >= 4 is 57.6 Å². The third kappa shape index (κ3) is 13.6. The van der Waals surface area contributed by atoms with Crippen LogP contribution in [0, 0.1) is 0 Å². The Labute approximate surface area is 343 Å². The summed E-state index contributed by atoms with van der Waals surface area (Å²) in [4.78, 5) is 53.0. The Morgan fingerprint density at radius 2 is 1.16 bits per heavy atom. The standard InChI is InChI=1S/C47H49NO9S/c1-3-44(50)55-28-11-7-5-9-26-53-37-17-13-34(14-18-37)25-30-57-47(52)36-16-24-41-40-23-15-35(33-49)31-42(40)46(48-43(41)32-36)58-39-21-19-38(20-22-39)54-27-10-6-8-12-29-56-45(51)4-2/h3-4,13-24,31-33H,1-2,5-12,25-30H2. The molecule has 58 heavy (non-hydrogen) atoms. The van der Waals surface area contributed by atoms with Gasteiger partial charge >= 0.3 is 17.9 Å². The van der Waals surface area contributed by atoms with Crippen LogP contribution in [0.4, 0.5) is 0 Å². The Morgan fingerprint density at radius 1 is 0.586 bits per heavy atom. The molecule has 0 fully saturated rings. The van der Waals surface area contributed by atoms with Gasteiger partial charge in [-0.25, -0.2) is 19.4 Å². The molecular weight excluding hydrogens is 755 g/mol. The first-order valence-corrected chi connectivity index (χ1v) is 20.4. The molecule has 10 nitrogen and oxygen atoms in total. The first-order chi connectivity index (χ1) is 28.4. The minimum Gasteiger partial charge on any atom is -0.494 e. The topological polar surface area (TPSA) is 127 Å². The van der Waals surface area contributed by atoms with Crippen LogP contribution in [-0.4, -0.2) is 62.2 Å². The number of nitrogens with zero attached hydrogens (tertiary/aromatic N) is 1. The van der Waals surface area contributed by atoms with Gasteiger partial charge in [-0.2, -0.15) is 0 Å². The number of pyridine rings is 1. The maximum absolute atomic E-state index is 13.2. The summed E-state index contributed by atoms with van der Waals surface area (Å²) < 4.78 is 27.4. The SMILES string of the molecule is C=CC(=O)OCCCCCCOc1ccc(CCOC(=O)c2ccc3c(c2)nc(Sc2ccc(OCCCCCCOC(=O)C=C)cc2)c2cc(C=O)ccc23)cc1. The van der Waals surface area contributed by atoms with Crippen LogP contribution >= 0.6 is 11.8 Å². The molecule has 5 aromatic rings. The van der Waals surface area contributed by atoms with Crippen LogP contribution in [0.25, 0.3) is 21.7 Å². The van der Waals surface area contributed by atoms with Crippen molar-refractivity contribution in [2.45, 2.75) is 67.7 Å². The number of esters is 3. The summed E-state index contributed by atoms with van der Waals surface area (Å²) in [5, 5.41) is 3.34. The number of benzene rings is 4. The number of unbranched alkanes of at least 4 members (excludes halogenated alkanes) is 6. The van der Waals surface area contributed by atoms with Gasteiger partial charge in [0.25, 0.3) is 0 Å². The van der Waals surface area contributed by atoms with Crippen molar-refractivity contribution in [2.75, 3.05) is 33.0 Å². The maximum Gasteiger partial charge on any atom is 0.338 e. The number of aromatic nitrogens is 1. The van der Waals surface area contributed by atoms with Crippen molar-refractivity contribution in [2.24, 2.45) is 0 Å². The predicted molar refractivity (Wildman–Crippen MR) is 226 cm³/mol. The average Bonchev–Trinajstić information content (AvgIpc) is 3.25. The zero-order valence-corrected chi connectivity index (χ0v) is 33.5. The Kier molecular flexibility index (Phi) is 17.4. The molecule has 0 aliphatic heterocycles. The summed E-state index contributed by atoms with van der Waals surface area (Å²) in [6.07, 6.45) is 11.0. The van der Waals surface area contributed by atoms with Gasteiger partial charge in [0.2, 0.25) is 0 Å². The van der Waals surface area contributed by atoms with E-state index in [-0.39, 0.29) is 6.61 Å². The molecule has 1 aromatic heterocycles. The van der Waals surface area contributed by atoms with Crippen LogP contribution in [0.5, 0.6) is 11.5 Å². The molecule has 5 rings (SSSR count). The number of rotatable bonds is 25. The number of ether oxygens (including phenoxy) is 5. The van der Waals surface area contributed by atoms with Gasteiger partial charge < -0.3 is 23.7 Å². The molecule has 0 saturated heterocycles. The predicted octanol–water partition coefficient (Wildman–Crippen LogP) is 10.1. The lowest BCUT2D eigenvalue weighted by Crippen LogP contribution is -2.08. The van der Waals surface area contributed by atoms with Crippen LogP contribution in [0.3, 0.4) is 0 Å². The number of carbonyl (C=O) groups excluding carboxylic acids is 4. The Balaban J connectivity index is 1.12. The highest BCUT2D eigenvalue weighted by Gasteiger charge is 2.15. The van der Waals surface area contributed by atoms with Gasteiger partial charge in [0.1, 0.15) is 22.8 Å². The van der Waals surface area contributed by atoms with Crippen molar-refractivity contribution < 1.29 is 42.9 Å². The van der Waals surface area contributed by atoms with Crippen LogP contribution in [0.2, 0.25) is 0 Å². The second kappa shape index (κ2) is 23.3. The van der Waals surface area contributed by atoms with E-state index in [4.69, 9.17) is 28.7 Å². The second-order valence-corrected chi connectivity index (χ2v) is 14.5. The Morgan fingerprint density at radius 3 is 1.74 bits per heavy atom. The van der Waals surface area contributed by atoms with E-state index < -0.39 is 17.9 Å². The molecule has 0 unspecified atom stereocenters. The number of fused-ring (bicyclic) bond motifs is 3. The lowest BCUT2D eigenvalue weighted by molar-refractivity contribution is -0.138. The van der Waals surface area contributed by atoms with Gasteiger partial charge in [-0.3, -0.25) is 4.79 Å². The van der Waals surface area contributed by atoms with Crippen molar-refractivity contribution in [1.82, 2.24) is 4.98 Å². The summed E-state index contributed by atoms with van der Waals surface area (Å²) >= 11 is 1.47. The second-order valence-electron chi connectivity index (χ2n) is 13.4. The fraction of sp³-hybridized carbons (Fsp3) is 0.298. The molecule has 0 radical (unpaired) electrons. The van der Waals surface area contributed by atoms with Gasteiger partial charge in [-0.05, 0) is 117 Å². The van der Waals surface area contributed by atoms with E-state index in [0.29, 0.717) is 54.5 Å². The molecule has 11 heteroatoms. The van der Waals surface area contributed by atoms with Crippen molar-refractivity contribution in [1.29, 1.82) is 0 Å². The van der Waals surface area contributed by atoms with Gasteiger partial charge in [-0.1, -0.05) is 55.3 Å². The molecule has 0 amide bonds. The Bertz CT molecular complexity index is 2170. The van der Waals surface area contributed by atoms with Crippen LogP contribution in [0.1, 0.15) is 77.6 Å². The van der Waals surface area contributed by atoms with Crippen molar-refractivity contribution in [3.8, 4) is 11.5 Å². The molecule has 0 aliphatic carbocycles. The first-order valence-electron chi connectivity index (χ1n) is 19.6. The van der Waals surface area contributed by atoms with Gasteiger partial charge in [0, 0.05) is 39.8 Å². The van der Waals surface area contributed by atoms with Gasteiger partial charge in [0.15, 0.2) is 0 Å². The molecule has 302 valence electrons. The molecule has 0 aliphatic rings. The minimum absolute atomic E-state index is 0.217. The van der Waals surface area contributed by atoms with Crippen LogP contribution in [-0.2, 0) is 30.2 Å². The highest BCUT2D eigenvalue weighted by atomic mass is 32.2. The number of carbonyl (C=O) groups is 4. The summed E-state index contributed by atoms with van der Waals surface area (Å²) in [6, 6.07) is 26.5. The van der Waals surface area contributed by atoms with E-state index in [1.807, 2.05) is 66.7 Å². The van der Waals surface area contributed by atoms with Crippen LogP contribution in [0.15, 0.2) is 120 Å². The monoisotopic (exact) mass is 803 g/mol. The largest absolute Gasteiger partial charge is 0.494 e. The van der Waals surface area contributed by atoms with E-state index in [0.717, 1.165) is 95.8 Å². The van der Waals surface area contributed by atoms with E-state index >= 15 is 0 Å². The van der Waals surface area contributed by atoms with Gasteiger partial charge in [0.05, 0.1) is 44.1 Å². The summed E-state index contributed by atoms with van der Waals surface area (Å²) in [6.45, 7) is 8.98. The highest BCUT2D eigenvalue weighted by Crippen LogP contribution is 2.37. The summed E-state index contributed by atoms with van der Waals surface area (Å²) in [5.41, 5.74) is 2.62. The molecular formula is C47H49NO9S. The van der Waals surface area contributed by atoms with Crippen LogP contribution < -0.4 is 9.47 Å². The molecule has 0 atom stereocenters. The average molecular weight is 804 g/mol. The van der Waals surface area contributed by atoms with E-state index in [9.17, 15) is 19.2 Å². The summed E-state index contributed by atoms with van der Waals surface area (Å²) in [5.74, 6) is 0.327. The third-order valence-electron chi connectivity index (χ3n) is 9.18. The fourth-order valence-electron chi connectivity index (χ4n) is 6.04. The molecule has 1 heterocycles. The molecule has 0 N–H and O–H groups in total. The minimum atomic E-state index is -0.433. The van der Waals surface area contributed by atoms with E-state index in [1.54, 1.807) is 18.2 Å². The molecule has 0 saturated carbocycles. The number of aldehydes is 1. The van der Waals surface area contributed by atoms with Gasteiger partial charge in [-0.15, -0.1) is 0 Å². The normalized spacial score (nSPS) is 10.8. The first kappa shape index (κ1) is 43.2. The van der Waals surface area contributed by atoms with Crippen molar-refractivity contribution in [3.63, 3.8) is 0 Å². The smallest absolute Gasteiger partial charge is 0.338 e. The third-order valence-corrected chi connectivity index (χ3v) is 10.2. The quantitative estimate of drug-likeness (QED) is 0.0140. The number of hydrogen-bond donors (Lipinski definition) is 0. The zero-order valence-electron chi connectivity index (χ0n) is 32.7. The molecule has 0 spiro atoms. The lowest BCUT2D eigenvalue weighted by Gasteiger charge is -2.12. The fourth-order valence-corrected chi connectivity index (χ4v) is 6.96. The Hall–Kier alpha value is -5.94. The molecule has 0 bridgehead atoms. The highest BCUT2D eigenvalue weighted by molar-refractivity contribution is 7.99. The zero-order chi connectivity index (χ0) is 41.0. The summed E-state index contributed by atoms with van der Waals surface area (Å²) in [7, 11) is 0. The van der Waals surface area contributed by atoms with E-state index in [1.165, 1.54) is 23.9 Å². The molecule has 4 aromatic carbocycles. The van der Waals surface area contributed by atoms with Crippen molar-refractivity contribution in [3.05, 3.63) is 127 Å². The number of hydrogen-bond acceptors (Lipinski definition) is 11. The maximum atomic E-state index is 13.2. The van der Waals surface area contributed by atoms with E-state index in [2.05, 4.69) is 13.2 Å².